The molecule has 4 heteroatoms. The number of hydrogen-bond donors (Lipinski definition) is 0. The molecule has 1 aliphatic heterocycles. The molecule has 1 aromatic rings. The number of ketones is 1. The monoisotopic (exact) mass is 430 g/mol. The Morgan fingerprint density at radius 3 is 2.63 bits per heavy atom. The first-order chi connectivity index (χ1) is 9.12. The molecule has 19 heavy (non-hydrogen) atoms. The zero-order valence-electron chi connectivity index (χ0n) is 10.1. The molecule has 4 aliphatic rings. The predicted octanol–water partition coefficient (Wildman–Crippen LogP) is 3.84. The van der Waals surface area contributed by atoms with E-state index in [1.807, 2.05) is 0 Å². The Labute approximate surface area is 133 Å². The number of fused-ring (bicyclic) bond motifs is 1. The standard InChI is InChI=1S/C15H12BrIO2/c16-9-3-1-8(2-4-9)10-5-12-13(17)6-11(10)14(18)15(12)7-19-15/h1-4,6,10-12H,5,7H2/t10?,11?,12?,15-/m0/s1. The van der Waals surface area contributed by atoms with Crippen molar-refractivity contribution in [3.63, 3.8) is 0 Å². The van der Waals surface area contributed by atoms with E-state index in [4.69, 9.17) is 4.74 Å². The number of epoxide rings is 1. The maximum Gasteiger partial charge on any atom is 0.175 e. The van der Waals surface area contributed by atoms with Crippen LogP contribution in [0.4, 0.5) is 0 Å². The lowest BCUT2D eigenvalue weighted by Crippen LogP contribution is -2.49. The first-order valence-corrected chi connectivity index (χ1v) is 8.30. The van der Waals surface area contributed by atoms with Gasteiger partial charge in [-0.2, -0.15) is 0 Å². The number of hydrogen-bond acceptors (Lipinski definition) is 2. The number of rotatable bonds is 1. The highest BCUT2D eigenvalue weighted by atomic mass is 127. The summed E-state index contributed by atoms with van der Waals surface area (Å²) in [6, 6.07) is 8.37. The zero-order chi connectivity index (χ0) is 13.2. The van der Waals surface area contributed by atoms with Crippen LogP contribution in [0.2, 0.25) is 0 Å². The number of benzene rings is 1. The highest BCUT2D eigenvalue weighted by Crippen LogP contribution is 2.58. The third-order valence-electron chi connectivity index (χ3n) is 4.63. The second-order valence-corrected chi connectivity index (χ2v) is 7.73. The summed E-state index contributed by atoms with van der Waals surface area (Å²) in [6.07, 6.45) is 3.20. The zero-order valence-corrected chi connectivity index (χ0v) is 13.8. The van der Waals surface area contributed by atoms with Crippen molar-refractivity contribution in [2.24, 2.45) is 11.8 Å². The summed E-state index contributed by atoms with van der Waals surface area (Å²) in [5.74, 6) is 0.899. The summed E-state index contributed by atoms with van der Waals surface area (Å²) in [6.45, 7) is 0.625. The van der Waals surface area contributed by atoms with Crippen LogP contribution >= 0.6 is 38.5 Å². The molecule has 1 saturated heterocycles. The molecule has 3 aliphatic carbocycles. The van der Waals surface area contributed by atoms with Gasteiger partial charge in [0, 0.05) is 16.3 Å². The van der Waals surface area contributed by atoms with Crippen molar-refractivity contribution >= 4 is 44.3 Å². The number of allylic oxidation sites excluding steroid dienone is 1. The van der Waals surface area contributed by atoms with E-state index in [1.54, 1.807) is 0 Å². The lowest BCUT2D eigenvalue weighted by atomic mass is 9.61. The number of carbonyl (C=O) groups is 1. The number of carbonyl (C=O) groups excluding carboxylic acids is 1. The number of ether oxygens (including phenoxy) is 1. The van der Waals surface area contributed by atoms with Crippen molar-refractivity contribution in [3.8, 4) is 0 Å². The Morgan fingerprint density at radius 2 is 2.00 bits per heavy atom. The van der Waals surface area contributed by atoms with Gasteiger partial charge in [0.1, 0.15) is 0 Å². The fourth-order valence-electron chi connectivity index (χ4n) is 3.52. The van der Waals surface area contributed by atoms with Crippen LogP contribution in [0.15, 0.2) is 38.4 Å². The third kappa shape index (κ3) is 1.72. The Kier molecular flexibility index (Phi) is 2.74. The average molecular weight is 431 g/mol. The third-order valence-corrected chi connectivity index (χ3v) is 6.27. The Bertz CT molecular complexity index is 589. The molecule has 0 N–H and O–H groups in total. The maximum absolute atomic E-state index is 12.6. The van der Waals surface area contributed by atoms with Crippen molar-refractivity contribution in [1.29, 1.82) is 0 Å². The van der Waals surface area contributed by atoms with Crippen LogP contribution in [0.25, 0.3) is 0 Å². The van der Waals surface area contributed by atoms with Gasteiger partial charge in [0.25, 0.3) is 0 Å². The fraction of sp³-hybridized carbons (Fsp3) is 0.400. The van der Waals surface area contributed by atoms with E-state index in [2.05, 4.69) is 68.9 Å². The van der Waals surface area contributed by atoms with Crippen molar-refractivity contribution in [1.82, 2.24) is 0 Å². The van der Waals surface area contributed by atoms with Gasteiger partial charge in [0.2, 0.25) is 0 Å². The molecule has 2 fully saturated rings. The Hall–Kier alpha value is -0.200. The molecule has 0 amide bonds. The lowest BCUT2D eigenvalue weighted by Gasteiger charge is -2.43. The number of halogens is 2. The minimum atomic E-state index is -0.443. The van der Waals surface area contributed by atoms with Crippen LogP contribution in [-0.4, -0.2) is 18.0 Å². The van der Waals surface area contributed by atoms with Gasteiger partial charge in [0.05, 0.1) is 6.61 Å². The van der Waals surface area contributed by atoms with Gasteiger partial charge in [-0.25, -0.2) is 0 Å². The van der Waals surface area contributed by atoms with E-state index in [0.717, 1.165) is 10.9 Å². The van der Waals surface area contributed by atoms with E-state index in [0.29, 0.717) is 18.3 Å². The molecule has 3 unspecified atom stereocenters. The van der Waals surface area contributed by atoms with Crippen LogP contribution in [0.1, 0.15) is 17.9 Å². The van der Waals surface area contributed by atoms with Gasteiger partial charge in [-0.3, -0.25) is 4.79 Å². The van der Waals surface area contributed by atoms with Crippen molar-refractivity contribution in [2.75, 3.05) is 6.61 Å². The van der Waals surface area contributed by atoms with Crippen LogP contribution in [0, 0.1) is 11.8 Å². The Morgan fingerprint density at radius 1 is 1.32 bits per heavy atom. The van der Waals surface area contributed by atoms with Crippen molar-refractivity contribution < 1.29 is 9.53 Å². The van der Waals surface area contributed by atoms with Gasteiger partial charge in [-0.15, -0.1) is 0 Å². The summed E-state index contributed by atoms with van der Waals surface area (Å²) in [5.41, 5.74) is 0.823. The van der Waals surface area contributed by atoms with Crippen LogP contribution in [-0.2, 0) is 9.53 Å². The summed E-state index contributed by atoms with van der Waals surface area (Å²) in [5, 5.41) is 0. The largest absolute Gasteiger partial charge is 0.361 e. The van der Waals surface area contributed by atoms with Crippen molar-refractivity contribution in [2.45, 2.75) is 17.9 Å². The summed E-state index contributed by atoms with van der Waals surface area (Å²) >= 11 is 5.84. The van der Waals surface area contributed by atoms with Gasteiger partial charge < -0.3 is 4.74 Å². The van der Waals surface area contributed by atoms with Crippen molar-refractivity contribution in [3.05, 3.63) is 44.0 Å². The minimum absolute atomic E-state index is 0.000533. The van der Waals surface area contributed by atoms with Gasteiger partial charge in [0.15, 0.2) is 11.4 Å². The quantitative estimate of drug-likeness (QED) is 0.500. The molecule has 1 saturated carbocycles. The van der Waals surface area contributed by atoms with Crippen LogP contribution in [0.3, 0.4) is 0 Å². The summed E-state index contributed by atoms with van der Waals surface area (Å²) < 4.78 is 7.95. The average Bonchev–Trinajstić information content (AvgIpc) is 3.18. The summed E-state index contributed by atoms with van der Waals surface area (Å²) in [4.78, 5) is 12.6. The molecule has 98 valence electrons. The van der Waals surface area contributed by atoms with E-state index in [9.17, 15) is 4.79 Å². The molecule has 2 bridgehead atoms. The first-order valence-electron chi connectivity index (χ1n) is 6.43. The van der Waals surface area contributed by atoms with Gasteiger partial charge in [-0.1, -0.05) is 34.1 Å². The molecule has 1 heterocycles. The predicted molar refractivity (Wildman–Crippen MR) is 84.3 cm³/mol. The molecule has 1 aromatic carbocycles. The van der Waals surface area contributed by atoms with Crippen LogP contribution < -0.4 is 0 Å². The molecule has 4 atom stereocenters. The van der Waals surface area contributed by atoms with E-state index in [-0.39, 0.29) is 11.8 Å². The highest BCUT2D eigenvalue weighted by Gasteiger charge is 2.66. The van der Waals surface area contributed by atoms with Gasteiger partial charge >= 0.3 is 0 Å². The normalized spacial score (nSPS) is 39.6. The molecular weight excluding hydrogens is 419 g/mol. The minimum Gasteiger partial charge on any atom is -0.361 e. The molecule has 0 aromatic heterocycles. The molecule has 1 spiro atoms. The second-order valence-electron chi connectivity index (χ2n) is 5.57. The number of Topliss-reactive ketones (excluding diaryl/α,β-unsaturated/α-hetero) is 1. The Balaban J connectivity index is 1.74. The SMILES string of the molecule is O=C1C2C=C(I)C(CC2c2ccc(Br)cc2)[C@@]12CO2. The second kappa shape index (κ2) is 4.15. The lowest BCUT2D eigenvalue weighted by molar-refractivity contribution is -0.132. The van der Waals surface area contributed by atoms with Crippen LogP contribution in [0.5, 0.6) is 0 Å². The highest BCUT2D eigenvalue weighted by molar-refractivity contribution is 14.1. The topological polar surface area (TPSA) is 29.6 Å². The molecule has 0 radical (unpaired) electrons. The molecular formula is C15H12BrIO2. The first kappa shape index (κ1) is 12.5. The van der Waals surface area contributed by atoms with Gasteiger partial charge in [-0.05, 0) is 56.2 Å². The molecule has 5 rings (SSSR count). The van der Waals surface area contributed by atoms with E-state index >= 15 is 0 Å². The van der Waals surface area contributed by atoms with E-state index < -0.39 is 5.60 Å². The van der Waals surface area contributed by atoms with E-state index in [1.165, 1.54) is 9.14 Å². The summed E-state index contributed by atoms with van der Waals surface area (Å²) in [7, 11) is 0. The fourth-order valence-corrected chi connectivity index (χ4v) is 4.93. The maximum atomic E-state index is 12.6. The smallest absolute Gasteiger partial charge is 0.175 e. The molecule has 2 nitrogen and oxygen atoms in total.